The van der Waals surface area contributed by atoms with Crippen molar-refractivity contribution in [2.24, 2.45) is 0 Å². The van der Waals surface area contributed by atoms with Crippen LogP contribution in [-0.2, 0) is 16.9 Å². The highest BCUT2D eigenvalue weighted by atomic mass is 32.2. The van der Waals surface area contributed by atoms with Gasteiger partial charge in [0.2, 0.25) is 0 Å². The lowest BCUT2D eigenvalue weighted by Gasteiger charge is -2.43. The van der Waals surface area contributed by atoms with Crippen LogP contribution in [0.2, 0.25) is 0 Å². The summed E-state index contributed by atoms with van der Waals surface area (Å²) in [6, 6.07) is 9.80. The van der Waals surface area contributed by atoms with E-state index < -0.39 is 34.4 Å². The van der Waals surface area contributed by atoms with Crippen LogP contribution in [0.5, 0.6) is 5.75 Å². The van der Waals surface area contributed by atoms with E-state index in [2.05, 4.69) is 5.43 Å². The minimum atomic E-state index is -0.910. The summed E-state index contributed by atoms with van der Waals surface area (Å²) in [6.45, 7) is 0.580. The second kappa shape index (κ2) is 7.08. The van der Waals surface area contributed by atoms with Crippen LogP contribution in [0.15, 0.2) is 52.3 Å². The molecule has 1 spiro atoms. The minimum absolute atomic E-state index is 0.205. The first-order valence-corrected chi connectivity index (χ1v) is 12.2. The van der Waals surface area contributed by atoms with Gasteiger partial charge in [-0.05, 0) is 41.0 Å². The Morgan fingerprint density at radius 3 is 2.86 bits per heavy atom. The second-order valence-electron chi connectivity index (χ2n) is 9.18. The number of halogens is 2. The lowest BCUT2D eigenvalue weighted by molar-refractivity contribution is -0.271. The van der Waals surface area contributed by atoms with E-state index in [1.807, 2.05) is 18.2 Å². The van der Waals surface area contributed by atoms with Crippen molar-refractivity contribution in [1.29, 1.82) is 0 Å². The van der Waals surface area contributed by atoms with Crippen LogP contribution in [0.25, 0.3) is 0 Å². The third kappa shape index (κ3) is 2.69. The lowest BCUT2D eigenvalue weighted by Crippen LogP contribution is -2.61. The first-order chi connectivity index (χ1) is 16.9. The van der Waals surface area contributed by atoms with E-state index in [0.717, 1.165) is 33.7 Å². The van der Waals surface area contributed by atoms with Crippen LogP contribution < -0.4 is 16.0 Å². The quantitative estimate of drug-likeness (QED) is 0.559. The summed E-state index contributed by atoms with van der Waals surface area (Å²) in [7, 11) is 0. The van der Waals surface area contributed by atoms with Crippen LogP contribution in [0, 0.1) is 11.6 Å². The number of thioether (sulfide) groups is 1. The first kappa shape index (κ1) is 21.0. The molecule has 2 aromatic carbocycles. The molecule has 7 rings (SSSR count). The third-order valence-corrected chi connectivity index (χ3v) is 8.63. The van der Waals surface area contributed by atoms with Crippen molar-refractivity contribution in [3.05, 3.63) is 92.4 Å². The number of ether oxygens (including phenoxy) is 1. The molecule has 35 heavy (non-hydrogen) atoms. The van der Waals surface area contributed by atoms with Crippen molar-refractivity contribution in [2.45, 2.75) is 34.8 Å². The van der Waals surface area contributed by atoms with Gasteiger partial charge in [0, 0.05) is 35.0 Å². The van der Waals surface area contributed by atoms with Gasteiger partial charge in [-0.1, -0.05) is 18.2 Å². The van der Waals surface area contributed by atoms with Gasteiger partial charge in [0.25, 0.3) is 5.91 Å². The molecule has 7 nitrogen and oxygen atoms in total. The molecule has 3 aromatic rings. The summed E-state index contributed by atoms with van der Waals surface area (Å²) in [4.78, 5) is 27.9. The second-order valence-corrected chi connectivity index (χ2v) is 10.2. The number of aromatic nitrogens is 1. The molecule has 1 saturated carbocycles. The average Bonchev–Trinajstić information content (AvgIpc) is 3.55. The number of hydrogen-bond acceptors (Lipinski definition) is 6. The van der Waals surface area contributed by atoms with Crippen LogP contribution in [0.4, 0.5) is 8.78 Å². The van der Waals surface area contributed by atoms with Crippen LogP contribution in [0.3, 0.4) is 0 Å². The van der Waals surface area contributed by atoms with Crippen molar-refractivity contribution < 1.29 is 23.4 Å². The van der Waals surface area contributed by atoms with Crippen molar-refractivity contribution in [1.82, 2.24) is 9.58 Å². The molecule has 3 aliphatic heterocycles. The summed E-state index contributed by atoms with van der Waals surface area (Å²) in [5.41, 5.74) is 4.49. The molecule has 0 bridgehead atoms. The molecular formula is C25H18F2N3O4S-. The maximum absolute atomic E-state index is 14.6. The number of benzene rings is 2. The van der Waals surface area contributed by atoms with E-state index in [9.17, 15) is 23.5 Å². The fourth-order valence-corrected chi connectivity index (χ4v) is 6.98. The van der Waals surface area contributed by atoms with Gasteiger partial charge in [-0.15, -0.1) is 11.8 Å². The van der Waals surface area contributed by atoms with Crippen molar-refractivity contribution in [2.75, 3.05) is 18.6 Å². The topological polar surface area (TPSA) is 86.6 Å². The Labute approximate surface area is 202 Å². The van der Waals surface area contributed by atoms with Crippen molar-refractivity contribution in [3.8, 4) is 5.75 Å². The van der Waals surface area contributed by atoms with Gasteiger partial charge in [-0.2, -0.15) is 0 Å². The summed E-state index contributed by atoms with van der Waals surface area (Å²) >= 11 is 1.46. The number of carbonyl (C=O) groups excluding carboxylic acids is 1. The largest absolute Gasteiger partial charge is 0.868 e. The van der Waals surface area contributed by atoms with Gasteiger partial charge in [0.05, 0.1) is 12.5 Å². The zero-order valence-corrected chi connectivity index (χ0v) is 19.0. The van der Waals surface area contributed by atoms with E-state index in [1.54, 1.807) is 11.0 Å². The number of rotatable bonds is 1. The molecule has 3 atom stereocenters. The van der Waals surface area contributed by atoms with E-state index in [1.165, 1.54) is 22.6 Å². The number of amides is 1. The molecule has 0 radical (unpaired) electrons. The van der Waals surface area contributed by atoms with Gasteiger partial charge >= 0.3 is 0 Å². The molecule has 2 fully saturated rings. The Balaban J connectivity index is 1.35. The molecule has 4 heterocycles. The highest BCUT2D eigenvalue weighted by Gasteiger charge is 2.75. The Morgan fingerprint density at radius 2 is 2.00 bits per heavy atom. The number of fused-ring (bicyclic) bond motifs is 3. The van der Waals surface area contributed by atoms with Gasteiger partial charge in [0.1, 0.15) is 11.8 Å². The maximum Gasteiger partial charge on any atom is 0.273 e. The summed E-state index contributed by atoms with van der Waals surface area (Å²) in [5.74, 6) is -2.93. The van der Waals surface area contributed by atoms with Crippen LogP contribution in [-0.4, -0.2) is 40.4 Å². The molecule has 1 N–H and O–H groups in total. The molecule has 1 unspecified atom stereocenters. The van der Waals surface area contributed by atoms with Gasteiger partial charge in [0.15, 0.2) is 22.7 Å². The Bertz CT molecular complexity index is 1510. The average molecular weight is 494 g/mol. The number of carbonyl (C=O) groups is 1. The zero-order chi connectivity index (χ0) is 24.1. The van der Waals surface area contributed by atoms with Crippen molar-refractivity contribution in [3.63, 3.8) is 0 Å². The lowest BCUT2D eigenvalue weighted by atomic mass is 9.93. The Morgan fingerprint density at radius 1 is 1.14 bits per heavy atom. The van der Waals surface area contributed by atoms with Gasteiger partial charge < -0.3 is 14.7 Å². The number of pyridine rings is 1. The molecular weight excluding hydrogens is 476 g/mol. The van der Waals surface area contributed by atoms with Gasteiger partial charge in [-0.3, -0.25) is 19.7 Å². The highest BCUT2D eigenvalue weighted by Crippen LogP contribution is 2.61. The van der Waals surface area contributed by atoms with E-state index in [0.29, 0.717) is 24.3 Å². The molecule has 178 valence electrons. The van der Waals surface area contributed by atoms with E-state index >= 15 is 0 Å². The summed E-state index contributed by atoms with van der Waals surface area (Å²) in [5, 5.41) is 12.5. The normalized spacial score (nSPS) is 25.9. The molecule has 1 aliphatic carbocycles. The molecule has 10 heteroatoms. The van der Waals surface area contributed by atoms with E-state index in [4.69, 9.17) is 4.74 Å². The minimum Gasteiger partial charge on any atom is -0.868 e. The molecule has 1 aromatic heterocycles. The first-order valence-electron chi connectivity index (χ1n) is 11.3. The molecule has 4 aliphatic rings. The zero-order valence-electron chi connectivity index (χ0n) is 18.2. The monoisotopic (exact) mass is 494 g/mol. The van der Waals surface area contributed by atoms with Gasteiger partial charge in [-0.25, -0.2) is 8.78 Å². The number of nitrogens with one attached hydrogen (secondary N) is 1. The SMILES string of the molecule is O=C1c2c([O-])c(=O)ccn2N[C@@]23C(c4cccc5c4Cc4ccc(F)c(F)c4CS5)[C@@H]2OCCN13. The highest BCUT2D eigenvalue weighted by molar-refractivity contribution is 7.98. The van der Waals surface area contributed by atoms with Crippen LogP contribution in [0.1, 0.15) is 38.7 Å². The fourth-order valence-electron chi connectivity index (χ4n) is 5.83. The number of hydrogen-bond donors (Lipinski definition) is 1. The maximum atomic E-state index is 14.6. The molecule has 1 saturated heterocycles. The third-order valence-electron chi connectivity index (χ3n) is 7.50. The predicted molar refractivity (Wildman–Crippen MR) is 121 cm³/mol. The van der Waals surface area contributed by atoms with E-state index in [-0.39, 0.29) is 24.3 Å². The standard InChI is InChI=1S/C25H19F2N3O4S/c26-16-5-4-12-10-14-13(2-1-3-18(14)35-11-15(12)20(16)27)19-23-25(19)28-30-7-6-17(31)22(32)21(30)24(33)29(25)8-9-34-23/h1-7,19,23,28,32H,8-11H2/p-1/t19?,23-,25+/m0/s1. The summed E-state index contributed by atoms with van der Waals surface area (Å²) in [6.07, 6.45) is 1.46. The number of nitrogens with zero attached hydrogens (tertiary/aromatic N) is 2. The molecule has 1 amide bonds. The van der Waals surface area contributed by atoms with Crippen molar-refractivity contribution >= 4 is 17.7 Å². The fraction of sp³-hybridized carbons (Fsp3) is 0.280. The predicted octanol–water partition coefficient (Wildman–Crippen LogP) is 2.29. The Hall–Kier alpha value is -3.37. The summed E-state index contributed by atoms with van der Waals surface area (Å²) < 4.78 is 35.9. The Kier molecular flexibility index (Phi) is 4.24. The number of morpholine rings is 1. The van der Waals surface area contributed by atoms with Crippen LogP contribution >= 0.6 is 11.8 Å². The smallest absolute Gasteiger partial charge is 0.273 e.